The van der Waals surface area contributed by atoms with E-state index < -0.39 is 98.4 Å². The number of aliphatic carboxylic acids is 1. The van der Waals surface area contributed by atoms with Crippen molar-refractivity contribution in [3.63, 3.8) is 0 Å². The molecule has 0 radical (unpaired) electrons. The average molecular weight is 496 g/mol. The van der Waals surface area contributed by atoms with Gasteiger partial charge in [0.25, 0.3) is 0 Å². The lowest BCUT2D eigenvalue weighted by Gasteiger charge is -2.48. The normalized spacial score (nSPS) is 39.2. The molecule has 15 nitrogen and oxygen atoms in total. The molecule has 196 valence electrons. The van der Waals surface area contributed by atoms with Crippen LogP contribution in [0.2, 0.25) is 0 Å². The van der Waals surface area contributed by atoms with Crippen molar-refractivity contribution in [2.24, 2.45) is 0 Å². The summed E-state index contributed by atoms with van der Waals surface area (Å²) < 4.78 is 22.3. The predicted molar refractivity (Wildman–Crippen MR) is 108 cm³/mol. The summed E-state index contributed by atoms with van der Waals surface area (Å²) in [6.07, 6.45) is -13.5. The summed E-state index contributed by atoms with van der Waals surface area (Å²) in [7, 11) is 0. The molecule has 0 aliphatic carbocycles. The molecular formula is C19H32N2O13. The SMILES string of the molecule is CC(=O)N[C@@H]1[C@@H](O[C@H](C)C(=O)O)[C@H](O[C@@H]2O[C@H](CO)[C@@H](O)[C@H](O)[C@H]2NC(C)=O)[C@@H](CO)O[C@H]1O. The van der Waals surface area contributed by atoms with Gasteiger partial charge >= 0.3 is 5.97 Å². The van der Waals surface area contributed by atoms with E-state index in [1.807, 2.05) is 0 Å². The van der Waals surface area contributed by atoms with Gasteiger partial charge in [-0.15, -0.1) is 0 Å². The van der Waals surface area contributed by atoms with Crippen molar-refractivity contribution in [1.29, 1.82) is 0 Å². The van der Waals surface area contributed by atoms with E-state index in [4.69, 9.17) is 18.9 Å². The Kier molecular flexibility index (Phi) is 10.1. The fourth-order valence-corrected chi connectivity index (χ4v) is 3.82. The minimum absolute atomic E-state index is 0.616. The molecule has 0 aromatic carbocycles. The van der Waals surface area contributed by atoms with Crippen molar-refractivity contribution in [3.05, 3.63) is 0 Å². The molecule has 15 heteroatoms. The molecule has 11 atom stereocenters. The lowest BCUT2D eigenvalue weighted by Crippen LogP contribution is -2.69. The Morgan fingerprint density at radius 2 is 1.44 bits per heavy atom. The quantitative estimate of drug-likeness (QED) is 0.150. The maximum absolute atomic E-state index is 11.7. The van der Waals surface area contributed by atoms with Crippen molar-refractivity contribution in [2.75, 3.05) is 13.2 Å². The number of carbonyl (C=O) groups is 3. The molecule has 2 aliphatic heterocycles. The number of rotatable bonds is 9. The van der Waals surface area contributed by atoms with Crippen molar-refractivity contribution in [2.45, 2.75) is 88.2 Å². The third kappa shape index (κ3) is 6.59. The Morgan fingerprint density at radius 3 is 1.94 bits per heavy atom. The first-order valence-electron chi connectivity index (χ1n) is 10.6. The second kappa shape index (κ2) is 12.1. The third-order valence-corrected chi connectivity index (χ3v) is 5.47. The molecule has 2 saturated heterocycles. The van der Waals surface area contributed by atoms with E-state index >= 15 is 0 Å². The van der Waals surface area contributed by atoms with Crippen LogP contribution in [0.15, 0.2) is 0 Å². The van der Waals surface area contributed by atoms with Crippen LogP contribution in [0.4, 0.5) is 0 Å². The second-order valence-electron chi connectivity index (χ2n) is 8.09. The van der Waals surface area contributed by atoms with Gasteiger partial charge in [0, 0.05) is 13.8 Å². The van der Waals surface area contributed by atoms with Crippen LogP contribution < -0.4 is 10.6 Å². The molecule has 2 amide bonds. The van der Waals surface area contributed by atoms with Crippen molar-refractivity contribution >= 4 is 17.8 Å². The van der Waals surface area contributed by atoms with Gasteiger partial charge in [-0.3, -0.25) is 9.59 Å². The fraction of sp³-hybridized carbons (Fsp3) is 0.842. The first-order chi connectivity index (χ1) is 15.9. The zero-order chi connectivity index (χ0) is 25.7. The van der Waals surface area contributed by atoms with E-state index in [-0.39, 0.29) is 0 Å². The Hall–Kier alpha value is -1.95. The van der Waals surface area contributed by atoms with Gasteiger partial charge in [0.05, 0.1) is 13.2 Å². The van der Waals surface area contributed by atoms with Gasteiger partial charge in [0.15, 0.2) is 18.7 Å². The van der Waals surface area contributed by atoms with E-state index in [9.17, 15) is 45.0 Å². The maximum Gasteiger partial charge on any atom is 0.332 e. The number of aliphatic hydroxyl groups is 5. The van der Waals surface area contributed by atoms with Gasteiger partial charge in [-0.1, -0.05) is 0 Å². The number of nitrogens with one attached hydrogen (secondary N) is 2. The molecule has 0 unspecified atom stereocenters. The van der Waals surface area contributed by atoms with Crippen LogP contribution in [-0.2, 0) is 33.3 Å². The highest BCUT2D eigenvalue weighted by molar-refractivity contribution is 5.74. The van der Waals surface area contributed by atoms with E-state index in [0.717, 1.165) is 13.8 Å². The summed E-state index contributed by atoms with van der Waals surface area (Å²) in [4.78, 5) is 34.8. The number of hydrogen-bond donors (Lipinski definition) is 8. The average Bonchev–Trinajstić information content (AvgIpc) is 2.76. The van der Waals surface area contributed by atoms with Crippen LogP contribution in [0.5, 0.6) is 0 Å². The molecule has 2 heterocycles. The maximum atomic E-state index is 11.7. The summed E-state index contributed by atoms with van der Waals surface area (Å²) in [5.74, 6) is -2.60. The molecule has 2 fully saturated rings. The van der Waals surface area contributed by atoms with Crippen LogP contribution in [-0.4, -0.2) is 129 Å². The lowest BCUT2D eigenvalue weighted by molar-refractivity contribution is -0.333. The van der Waals surface area contributed by atoms with Crippen LogP contribution in [0, 0.1) is 0 Å². The highest BCUT2D eigenvalue weighted by atomic mass is 16.7. The minimum atomic E-state index is -1.72. The monoisotopic (exact) mass is 496 g/mol. The van der Waals surface area contributed by atoms with E-state index in [2.05, 4.69) is 10.6 Å². The molecular weight excluding hydrogens is 464 g/mol. The van der Waals surface area contributed by atoms with Gasteiger partial charge in [-0.05, 0) is 6.92 Å². The van der Waals surface area contributed by atoms with Crippen LogP contribution >= 0.6 is 0 Å². The standard InChI is InChI=1S/C19H32N2O13/c1-6(17(28)29)31-16-12(21-8(3)25)18(30)32-10(5-23)15(16)34-19-11(20-7(2)24)14(27)13(26)9(4-22)33-19/h6,9-16,18-19,22-23,26-27,30H,4-5H2,1-3H3,(H,20,24)(H,21,25)(H,28,29)/t6-,9-,10-,11-,12-,13-,14-,15-,16-,18-,19+/m1/s1. The molecule has 2 aliphatic rings. The van der Waals surface area contributed by atoms with E-state index in [1.165, 1.54) is 6.92 Å². The summed E-state index contributed by atoms with van der Waals surface area (Å²) in [5.41, 5.74) is 0. The molecule has 0 aromatic heterocycles. The number of amides is 2. The number of aliphatic hydroxyl groups excluding tert-OH is 5. The smallest absolute Gasteiger partial charge is 0.332 e. The van der Waals surface area contributed by atoms with Crippen LogP contribution in [0.3, 0.4) is 0 Å². The Morgan fingerprint density at radius 1 is 0.882 bits per heavy atom. The molecule has 34 heavy (non-hydrogen) atoms. The number of ether oxygens (including phenoxy) is 4. The Bertz CT molecular complexity index is 724. The zero-order valence-electron chi connectivity index (χ0n) is 18.8. The fourth-order valence-electron chi connectivity index (χ4n) is 3.82. The topological polar surface area (TPSA) is 234 Å². The zero-order valence-corrected chi connectivity index (χ0v) is 18.8. The van der Waals surface area contributed by atoms with Gasteiger partial charge in [0.1, 0.15) is 48.7 Å². The number of carboxylic acids is 1. The molecule has 8 N–H and O–H groups in total. The Balaban J connectivity index is 2.44. The number of carboxylic acid groups (broad SMARTS) is 1. The summed E-state index contributed by atoms with van der Waals surface area (Å²) in [6, 6.07) is -2.71. The summed E-state index contributed by atoms with van der Waals surface area (Å²) in [5, 5.41) is 64.4. The van der Waals surface area contributed by atoms with E-state index in [1.54, 1.807) is 0 Å². The molecule has 0 spiro atoms. The predicted octanol–water partition coefficient (Wildman–Crippen LogP) is -4.61. The van der Waals surface area contributed by atoms with E-state index in [0.29, 0.717) is 0 Å². The highest BCUT2D eigenvalue weighted by Gasteiger charge is 2.52. The van der Waals surface area contributed by atoms with Crippen molar-refractivity contribution < 1.29 is 64.0 Å². The molecule has 2 rings (SSSR count). The van der Waals surface area contributed by atoms with Gasteiger partial charge < -0.3 is 60.2 Å². The summed E-state index contributed by atoms with van der Waals surface area (Å²) in [6.45, 7) is 2.00. The summed E-state index contributed by atoms with van der Waals surface area (Å²) >= 11 is 0. The van der Waals surface area contributed by atoms with Gasteiger partial charge in [-0.25, -0.2) is 4.79 Å². The Labute approximate surface area is 194 Å². The van der Waals surface area contributed by atoms with Crippen LogP contribution in [0.25, 0.3) is 0 Å². The third-order valence-electron chi connectivity index (χ3n) is 5.47. The van der Waals surface area contributed by atoms with Gasteiger partial charge in [0.2, 0.25) is 11.8 Å². The molecule has 0 bridgehead atoms. The van der Waals surface area contributed by atoms with Crippen molar-refractivity contribution in [3.8, 4) is 0 Å². The van der Waals surface area contributed by atoms with Crippen LogP contribution in [0.1, 0.15) is 20.8 Å². The van der Waals surface area contributed by atoms with Gasteiger partial charge in [-0.2, -0.15) is 0 Å². The first-order valence-corrected chi connectivity index (χ1v) is 10.6. The molecule has 0 aromatic rings. The van der Waals surface area contributed by atoms with Crippen molar-refractivity contribution in [1.82, 2.24) is 10.6 Å². The lowest BCUT2D eigenvalue weighted by atomic mass is 9.94. The minimum Gasteiger partial charge on any atom is -0.479 e. The number of hydrogen-bond acceptors (Lipinski definition) is 12. The highest BCUT2D eigenvalue weighted by Crippen LogP contribution is 2.30. The molecule has 0 saturated carbocycles. The first kappa shape index (κ1) is 28.3. The largest absolute Gasteiger partial charge is 0.479 e. The second-order valence-corrected chi connectivity index (χ2v) is 8.09. The number of carbonyl (C=O) groups excluding carboxylic acids is 2.